The first-order valence-corrected chi connectivity index (χ1v) is 6.27. The van der Waals surface area contributed by atoms with Crippen molar-refractivity contribution < 1.29 is 4.79 Å². The maximum Gasteiger partial charge on any atom is 0.228 e. The van der Waals surface area contributed by atoms with Crippen LogP contribution in [-0.2, 0) is 4.79 Å². The molecule has 2 unspecified atom stereocenters. The van der Waals surface area contributed by atoms with Crippen molar-refractivity contribution in [3.05, 3.63) is 0 Å². The van der Waals surface area contributed by atoms with Gasteiger partial charge in [-0.15, -0.1) is 0 Å². The summed E-state index contributed by atoms with van der Waals surface area (Å²) < 4.78 is 0. The van der Waals surface area contributed by atoms with E-state index in [1.807, 2.05) is 11.9 Å². The van der Waals surface area contributed by atoms with Crippen LogP contribution < -0.4 is 5.32 Å². The molecule has 1 amide bonds. The summed E-state index contributed by atoms with van der Waals surface area (Å²) in [6, 6.07) is 1.04. The second kappa shape index (κ2) is 4.72. The number of rotatable bonds is 2. The van der Waals surface area contributed by atoms with Crippen molar-refractivity contribution in [2.24, 2.45) is 5.92 Å². The fraction of sp³-hybridized carbons (Fsp3) is 0.917. The molecule has 0 radical (unpaired) electrons. The number of nitrogens with zero attached hydrogens (tertiary/aromatic N) is 2. The minimum Gasteiger partial charge on any atom is -0.342 e. The highest BCUT2D eigenvalue weighted by Gasteiger charge is 2.33. The molecule has 0 aliphatic carbocycles. The molecule has 0 saturated carbocycles. The second-order valence-corrected chi connectivity index (χ2v) is 5.31. The Kier molecular flexibility index (Phi) is 3.50. The molecule has 2 atom stereocenters. The number of piperidine rings is 1. The Balaban J connectivity index is 1.89. The molecule has 0 aromatic rings. The maximum atomic E-state index is 12.1. The Morgan fingerprint density at radius 2 is 2.12 bits per heavy atom. The van der Waals surface area contributed by atoms with Crippen molar-refractivity contribution in [2.75, 3.05) is 33.7 Å². The molecule has 0 aromatic heterocycles. The van der Waals surface area contributed by atoms with Gasteiger partial charge in [0.2, 0.25) is 5.91 Å². The van der Waals surface area contributed by atoms with Gasteiger partial charge in [-0.05, 0) is 26.8 Å². The average molecular weight is 225 g/mol. The molecule has 2 rings (SSSR count). The first-order chi connectivity index (χ1) is 7.59. The van der Waals surface area contributed by atoms with Crippen molar-refractivity contribution in [2.45, 2.75) is 31.8 Å². The van der Waals surface area contributed by atoms with Gasteiger partial charge in [-0.3, -0.25) is 4.79 Å². The van der Waals surface area contributed by atoms with Gasteiger partial charge in [-0.25, -0.2) is 0 Å². The van der Waals surface area contributed by atoms with Gasteiger partial charge in [0.1, 0.15) is 0 Å². The number of hydrogen-bond donors (Lipinski definition) is 1. The second-order valence-electron chi connectivity index (χ2n) is 5.31. The topological polar surface area (TPSA) is 35.6 Å². The van der Waals surface area contributed by atoms with Crippen LogP contribution in [0.5, 0.6) is 0 Å². The molecule has 92 valence electrons. The number of carbonyl (C=O) groups excluding carboxylic acids is 1. The SMILES string of the molecule is CC1CC(N(C)C(=O)C2CNC2)CCN1C. The highest BCUT2D eigenvalue weighted by Crippen LogP contribution is 2.21. The fourth-order valence-corrected chi connectivity index (χ4v) is 2.55. The first-order valence-electron chi connectivity index (χ1n) is 6.27. The third-order valence-electron chi connectivity index (χ3n) is 4.21. The minimum absolute atomic E-state index is 0.236. The summed E-state index contributed by atoms with van der Waals surface area (Å²) in [5, 5.41) is 3.16. The van der Waals surface area contributed by atoms with Gasteiger partial charge in [0.05, 0.1) is 5.92 Å². The van der Waals surface area contributed by atoms with Crippen molar-refractivity contribution in [3.63, 3.8) is 0 Å². The van der Waals surface area contributed by atoms with Crippen molar-refractivity contribution >= 4 is 5.91 Å². The number of amides is 1. The van der Waals surface area contributed by atoms with Gasteiger partial charge in [-0.2, -0.15) is 0 Å². The lowest BCUT2D eigenvalue weighted by molar-refractivity contribution is -0.139. The van der Waals surface area contributed by atoms with Crippen LogP contribution in [0.3, 0.4) is 0 Å². The highest BCUT2D eigenvalue weighted by molar-refractivity contribution is 5.80. The Morgan fingerprint density at radius 3 is 2.62 bits per heavy atom. The molecule has 0 aromatic carbocycles. The van der Waals surface area contributed by atoms with Crippen LogP contribution >= 0.6 is 0 Å². The summed E-state index contributed by atoms with van der Waals surface area (Å²) in [5.41, 5.74) is 0. The van der Waals surface area contributed by atoms with Crippen LogP contribution in [0.4, 0.5) is 0 Å². The quantitative estimate of drug-likeness (QED) is 0.726. The summed E-state index contributed by atoms with van der Waals surface area (Å²) in [4.78, 5) is 16.5. The largest absolute Gasteiger partial charge is 0.342 e. The number of carbonyl (C=O) groups is 1. The third-order valence-corrected chi connectivity index (χ3v) is 4.21. The monoisotopic (exact) mass is 225 g/mol. The van der Waals surface area contributed by atoms with E-state index in [1.165, 1.54) is 0 Å². The minimum atomic E-state index is 0.236. The summed E-state index contributed by atoms with van der Waals surface area (Å²) in [5.74, 6) is 0.570. The number of nitrogens with one attached hydrogen (secondary N) is 1. The maximum absolute atomic E-state index is 12.1. The Bertz CT molecular complexity index is 265. The lowest BCUT2D eigenvalue weighted by Crippen LogP contribution is -2.55. The zero-order chi connectivity index (χ0) is 11.7. The van der Waals surface area contributed by atoms with Gasteiger partial charge in [0, 0.05) is 38.8 Å². The van der Waals surface area contributed by atoms with Crippen LogP contribution in [0, 0.1) is 5.92 Å². The molecule has 2 aliphatic heterocycles. The Hall–Kier alpha value is -0.610. The highest BCUT2D eigenvalue weighted by atomic mass is 16.2. The van der Waals surface area contributed by atoms with E-state index in [0.717, 1.165) is 32.5 Å². The average Bonchev–Trinajstić information content (AvgIpc) is 2.18. The van der Waals surface area contributed by atoms with E-state index in [4.69, 9.17) is 0 Å². The zero-order valence-electron chi connectivity index (χ0n) is 10.6. The van der Waals surface area contributed by atoms with Crippen LogP contribution in [0.25, 0.3) is 0 Å². The van der Waals surface area contributed by atoms with E-state index >= 15 is 0 Å². The van der Waals surface area contributed by atoms with Gasteiger partial charge in [-0.1, -0.05) is 0 Å². The zero-order valence-corrected chi connectivity index (χ0v) is 10.6. The summed E-state index contributed by atoms with van der Waals surface area (Å²) >= 11 is 0. The molecule has 16 heavy (non-hydrogen) atoms. The lowest BCUT2D eigenvalue weighted by atomic mass is 9.95. The van der Waals surface area contributed by atoms with Crippen molar-refractivity contribution in [1.29, 1.82) is 0 Å². The fourth-order valence-electron chi connectivity index (χ4n) is 2.55. The summed E-state index contributed by atoms with van der Waals surface area (Å²) in [6.07, 6.45) is 2.22. The standard InChI is InChI=1S/C12H23N3O/c1-9-6-11(4-5-14(9)2)15(3)12(16)10-7-13-8-10/h9-11,13H,4-8H2,1-3H3. The van der Waals surface area contributed by atoms with E-state index in [2.05, 4.69) is 24.2 Å². The molecular weight excluding hydrogens is 202 g/mol. The molecule has 0 bridgehead atoms. The van der Waals surface area contributed by atoms with Gasteiger partial charge in [0.25, 0.3) is 0 Å². The molecular formula is C12H23N3O. The van der Waals surface area contributed by atoms with Crippen LogP contribution in [0.2, 0.25) is 0 Å². The molecule has 4 heteroatoms. The first kappa shape index (κ1) is 11.9. The normalized spacial score (nSPS) is 32.2. The summed E-state index contributed by atoms with van der Waals surface area (Å²) in [7, 11) is 4.14. The van der Waals surface area contributed by atoms with Crippen LogP contribution in [0.15, 0.2) is 0 Å². The molecule has 0 spiro atoms. The molecule has 2 aliphatic rings. The van der Waals surface area contributed by atoms with Gasteiger partial charge >= 0.3 is 0 Å². The molecule has 4 nitrogen and oxygen atoms in total. The molecule has 2 heterocycles. The van der Waals surface area contributed by atoms with E-state index in [1.54, 1.807) is 0 Å². The summed E-state index contributed by atoms with van der Waals surface area (Å²) in [6.45, 7) is 5.08. The molecule has 2 saturated heterocycles. The lowest BCUT2D eigenvalue weighted by Gasteiger charge is -2.41. The third kappa shape index (κ3) is 2.23. The van der Waals surface area contributed by atoms with Gasteiger partial charge in [0.15, 0.2) is 0 Å². The Labute approximate surface area is 98.0 Å². The van der Waals surface area contributed by atoms with E-state index in [-0.39, 0.29) is 5.92 Å². The number of hydrogen-bond acceptors (Lipinski definition) is 3. The van der Waals surface area contributed by atoms with E-state index in [9.17, 15) is 4.79 Å². The Morgan fingerprint density at radius 1 is 1.44 bits per heavy atom. The van der Waals surface area contributed by atoms with Gasteiger partial charge < -0.3 is 15.1 Å². The molecule has 1 N–H and O–H groups in total. The van der Waals surface area contributed by atoms with Crippen molar-refractivity contribution in [1.82, 2.24) is 15.1 Å². The predicted molar refractivity (Wildman–Crippen MR) is 64.2 cm³/mol. The number of likely N-dealkylation sites (tertiary alicyclic amines) is 1. The molecule has 2 fully saturated rings. The van der Waals surface area contributed by atoms with Crippen LogP contribution in [0.1, 0.15) is 19.8 Å². The predicted octanol–water partition coefficient (Wildman–Crippen LogP) is 0.147. The van der Waals surface area contributed by atoms with Crippen molar-refractivity contribution in [3.8, 4) is 0 Å². The van der Waals surface area contributed by atoms with E-state index in [0.29, 0.717) is 18.0 Å². The van der Waals surface area contributed by atoms with Crippen LogP contribution in [-0.4, -0.2) is 61.5 Å². The smallest absolute Gasteiger partial charge is 0.228 e. The van der Waals surface area contributed by atoms with E-state index < -0.39 is 0 Å².